The first-order chi connectivity index (χ1) is 6.18. The number of fused-ring (bicyclic) bond motifs is 1. The van der Waals surface area contributed by atoms with E-state index in [1.807, 2.05) is 0 Å². The van der Waals surface area contributed by atoms with E-state index in [2.05, 4.69) is 0 Å². The third kappa shape index (κ3) is 1.45. The van der Waals surface area contributed by atoms with Crippen molar-refractivity contribution in [3.05, 3.63) is 35.1 Å². The van der Waals surface area contributed by atoms with Gasteiger partial charge in [0, 0.05) is 6.04 Å². The van der Waals surface area contributed by atoms with Crippen LogP contribution in [-0.4, -0.2) is 11.1 Å². The van der Waals surface area contributed by atoms with Crippen LogP contribution >= 0.6 is 0 Å². The van der Waals surface area contributed by atoms with Crippen molar-refractivity contribution >= 4 is 0 Å². The Labute approximate surface area is 76.2 Å². The first-order valence-corrected chi connectivity index (χ1v) is 4.40. The van der Waals surface area contributed by atoms with Gasteiger partial charge in [0.05, 0.1) is 6.10 Å². The van der Waals surface area contributed by atoms with Gasteiger partial charge in [0.2, 0.25) is 0 Å². The third-order valence-electron chi connectivity index (χ3n) is 2.58. The Morgan fingerprint density at radius 1 is 1.46 bits per heavy atom. The molecule has 0 amide bonds. The SMILES string of the molecule is N[C@@H]1CCc2cc(F)ccc2[C@H]1O. The lowest BCUT2D eigenvalue weighted by atomic mass is 9.86. The molecule has 13 heavy (non-hydrogen) atoms. The molecular formula is C10H12FNO. The molecule has 0 bridgehead atoms. The Morgan fingerprint density at radius 3 is 3.00 bits per heavy atom. The third-order valence-corrected chi connectivity index (χ3v) is 2.58. The van der Waals surface area contributed by atoms with E-state index in [4.69, 9.17) is 5.73 Å². The normalized spacial score (nSPS) is 27.0. The second-order valence-electron chi connectivity index (χ2n) is 3.49. The van der Waals surface area contributed by atoms with Gasteiger partial charge in [-0.1, -0.05) is 6.07 Å². The molecule has 1 aromatic rings. The number of benzene rings is 1. The molecule has 0 saturated carbocycles. The maximum absolute atomic E-state index is 12.8. The zero-order valence-electron chi connectivity index (χ0n) is 7.20. The van der Waals surface area contributed by atoms with Crippen LogP contribution in [0.1, 0.15) is 23.7 Å². The van der Waals surface area contributed by atoms with Crippen LogP contribution in [-0.2, 0) is 6.42 Å². The van der Waals surface area contributed by atoms with E-state index in [0.717, 1.165) is 24.0 Å². The van der Waals surface area contributed by atoms with Crippen LogP contribution in [0.15, 0.2) is 18.2 Å². The molecule has 0 saturated heterocycles. The maximum atomic E-state index is 12.8. The molecule has 3 N–H and O–H groups in total. The lowest BCUT2D eigenvalue weighted by molar-refractivity contribution is 0.133. The molecule has 0 aromatic heterocycles. The summed E-state index contributed by atoms with van der Waals surface area (Å²) in [4.78, 5) is 0. The van der Waals surface area contributed by atoms with Crippen molar-refractivity contribution in [3.63, 3.8) is 0 Å². The molecule has 3 heteroatoms. The highest BCUT2D eigenvalue weighted by Crippen LogP contribution is 2.29. The Bertz CT molecular complexity index is 327. The second kappa shape index (κ2) is 3.09. The predicted octanol–water partition coefficient (Wildman–Crippen LogP) is 1.13. The molecule has 1 aliphatic rings. The van der Waals surface area contributed by atoms with E-state index in [1.54, 1.807) is 6.07 Å². The van der Waals surface area contributed by atoms with Gasteiger partial charge in [0.1, 0.15) is 5.82 Å². The van der Waals surface area contributed by atoms with E-state index >= 15 is 0 Å². The first kappa shape index (κ1) is 8.66. The van der Waals surface area contributed by atoms with Gasteiger partial charge < -0.3 is 10.8 Å². The molecule has 2 nitrogen and oxygen atoms in total. The van der Waals surface area contributed by atoms with Crippen molar-refractivity contribution in [3.8, 4) is 0 Å². The van der Waals surface area contributed by atoms with E-state index < -0.39 is 6.10 Å². The minimum atomic E-state index is -0.635. The van der Waals surface area contributed by atoms with Crippen LogP contribution < -0.4 is 5.73 Å². The molecule has 0 unspecified atom stereocenters. The average molecular weight is 181 g/mol. The minimum Gasteiger partial charge on any atom is -0.387 e. The van der Waals surface area contributed by atoms with E-state index in [9.17, 15) is 9.50 Å². The monoisotopic (exact) mass is 181 g/mol. The number of hydrogen-bond acceptors (Lipinski definition) is 2. The fourth-order valence-electron chi connectivity index (χ4n) is 1.79. The van der Waals surface area contributed by atoms with Crippen LogP contribution in [0.25, 0.3) is 0 Å². The quantitative estimate of drug-likeness (QED) is 0.630. The van der Waals surface area contributed by atoms with Crippen LogP contribution in [0.5, 0.6) is 0 Å². The molecule has 2 rings (SSSR count). The van der Waals surface area contributed by atoms with Crippen LogP contribution in [0.2, 0.25) is 0 Å². The number of rotatable bonds is 0. The lowest BCUT2D eigenvalue weighted by Gasteiger charge is -2.27. The Balaban J connectivity index is 2.44. The number of aliphatic hydroxyl groups is 1. The Kier molecular flexibility index (Phi) is 2.06. The standard InChI is InChI=1S/C10H12FNO/c11-7-2-3-8-6(5-7)1-4-9(12)10(8)13/h2-3,5,9-10,13H,1,4,12H2/t9-,10-/m1/s1. The van der Waals surface area contributed by atoms with Crippen molar-refractivity contribution in [1.29, 1.82) is 0 Å². The first-order valence-electron chi connectivity index (χ1n) is 4.40. The summed E-state index contributed by atoms with van der Waals surface area (Å²) in [7, 11) is 0. The number of aliphatic hydroxyl groups excluding tert-OH is 1. The van der Waals surface area contributed by atoms with Crippen LogP contribution in [0, 0.1) is 5.82 Å². The molecule has 0 heterocycles. The zero-order chi connectivity index (χ0) is 9.42. The predicted molar refractivity (Wildman–Crippen MR) is 47.7 cm³/mol. The molecule has 1 aliphatic carbocycles. The molecule has 70 valence electrons. The van der Waals surface area contributed by atoms with Gasteiger partial charge in [-0.3, -0.25) is 0 Å². The summed E-state index contributed by atoms with van der Waals surface area (Å²) in [5.41, 5.74) is 7.35. The van der Waals surface area contributed by atoms with Gasteiger partial charge in [-0.2, -0.15) is 0 Å². The van der Waals surface area contributed by atoms with Crippen molar-refractivity contribution in [2.24, 2.45) is 5.73 Å². The van der Waals surface area contributed by atoms with Crippen LogP contribution in [0.3, 0.4) is 0 Å². The molecule has 1 aromatic carbocycles. The van der Waals surface area contributed by atoms with Gasteiger partial charge in [-0.15, -0.1) is 0 Å². The molecule has 0 aliphatic heterocycles. The van der Waals surface area contributed by atoms with Crippen molar-refractivity contribution in [1.82, 2.24) is 0 Å². The molecular weight excluding hydrogens is 169 g/mol. The summed E-state index contributed by atoms with van der Waals surface area (Å²) in [5, 5.41) is 9.67. The second-order valence-corrected chi connectivity index (χ2v) is 3.49. The highest BCUT2D eigenvalue weighted by molar-refractivity contribution is 5.33. The fourth-order valence-corrected chi connectivity index (χ4v) is 1.79. The maximum Gasteiger partial charge on any atom is 0.123 e. The Hall–Kier alpha value is -0.930. The summed E-state index contributed by atoms with van der Waals surface area (Å²) in [5.74, 6) is -0.249. The van der Waals surface area contributed by atoms with Crippen molar-refractivity contribution in [2.75, 3.05) is 0 Å². The molecule has 0 radical (unpaired) electrons. The van der Waals surface area contributed by atoms with Gasteiger partial charge in [-0.05, 0) is 36.1 Å². The Morgan fingerprint density at radius 2 is 2.23 bits per heavy atom. The van der Waals surface area contributed by atoms with Gasteiger partial charge in [0.25, 0.3) is 0 Å². The largest absolute Gasteiger partial charge is 0.387 e. The van der Waals surface area contributed by atoms with E-state index in [-0.39, 0.29) is 11.9 Å². The number of aryl methyl sites for hydroxylation is 1. The van der Waals surface area contributed by atoms with Gasteiger partial charge in [-0.25, -0.2) is 4.39 Å². The van der Waals surface area contributed by atoms with Crippen LogP contribution in [0.4, 0.5) is 4.39 Å². The summed E-state index contributed by atoms with van der Waals surface area (Å²) in [6.07, 6.45) is 0.840. The summed E-state index contributed by atoms with van der Waals surface area (Å²) < 4.78 is 12.8. The summed E-state index contributed by atoms with van der Waals surface area (Å²) in [6, 6.07) is 4.25. The highest BCUT2D eigenvalue weighted by Gasteiger charge is 2.24. The number of nitrogens with two attached hydrogens (primary N) is 1. The minimum absolute atomic E-state index is 0.210. The van der Waals surface area contributed by atoms with Gasteiger partial charge >= 0.3 is 0 Å². The smallest absolute Gasteiger partial charge is 0.123 e. The summed E-state index contributed by atoms with van der Waals surface area (Å²) >= 11 is 0. The molecule has 0 fully saturated rings. The van der Waals surface area contributed by atoms with E-state index in [1.165, 1.54) is 12.1 Å². The molecule has 2 atom stereocenters. The van der Waals surface area contributed by atoms with Crippen molar-refractivity contribution in [2.45, 2.75) is 25.0 Å². The van der Waals surface area contributed by atoms with Crippen molar-refractivity contribution < 1.29 is 9.50 Å². The van der Waals surface area contributed by atoms with E-state index in [0.29, 0.717) is 0 Å². The topological polar surface area (TPSA) is 46.2 Å². The highest BCUT2D eigenvalue weighted by atomic mass is 19.1. The molecule has 0 spiro atoms. The zero-order valence-corrected chi connectivity index (χ0v) is 7.20. The summed E-state index contributed by atoms with van der Waals surface area (Å²) in [6.45, 7) is 0. The fraction of sp³-hybridized carbons (Fsp3) is 0.400. The average Bonchev–Trinajstić information content (AvgIpc) is 2.12. The lowest BCUT2D eigenvalue weighted by Crippen LogP contribution is -2.32. The van der Waals surface area contributed by atoms with Gasteiger partial charge in [0.15, 0.2) is 0 Å². The number of hydrogen-bond donors (Lipinski definition) is 2. The number of halogens is 1.